The van der Waals surface area contributed by atoms with Crippen molar-refractivity contribution in [2.75, 3.05) is 0 Å². The molecular weight excluding hydrogens is 320 g/mol. The molecule has 0 saturated carbocycles. The summed E-state index contributed by atoms with van der Waals surface area (Å²) in [5, 5.41) is 7.62. The number of hydrogen-bond acceptors (Lipinski definition) is 3. The Morgan fingerprint density at radius 2 is 2.30 bits per heavy atom. The molecule has 3 heterocycles. The number of carbonyl (C=O) groups is 1. The van der Waals surface area contributed by atoms with Gasteiger partial charge in [-0.25, -0.2) is 0 Å². The average molecular weight is 335 g/mol. The molecule has 1 aromatic carbocycles. The number of nitrogens with one attached hydrogen (secondary N) is 2. The van der Waals surface area contributed by atoms with E-state index in [1.807, 2.05) is 18.2 Å². The van der Waals surface area contributed by atoms with E-state index in [1.165, 1.54) is 12.8 Å². The first-order valence-electron chi connectivity index (χ1n) is 6.94. The van der Waals surface area contributed by atoms with E-state index < -0.39 is 0 Å². The maximum Gasteiger partial charge on any atom is 0.251 e. The summed E-state index contributed by atoms with van der Waals surface area (Å²) in [5.74, 6) is -0.000602. The topological polar surface area (TPSA) is 54.3 Å². The van der Waals surface area contributed by atoms with Crippen molar-refractivity contribution < 1.29 is 9.21 Å². The van der Waals surface area contributed by atoms with E-state index in [9.17, 15) is 4.79 Å². The third kappa shape index (κ3) is 1.96. The highest BCUT2D eigenvalue weighted by Crippen LogP contribution is 2.29. The lowest BCUT2D eigenvalue weighted by Gasteiger charge is -2.21. The molecule has 2 saturated heterocycles. The molecule has 2 N–H and O–H groups in total. The van der Waals surface area contributed by atoms with E-state index >= 15 is 0 Å². The fourth-order valence-electron chi connectivity index (χ4n) is 3.37. The lowest BCUT2D eigenvalue weighted by atomic mass is 9.95. The van der Waals surface area contributed by atoms with Crippen LogP contribution >= 0.6 is 15.9 Å². The van der Waals surface area contributed by atoms with Crippen LogP contribution in [0, 0.1) is 0 Å². The van der Waals surface area contributed by atoms with Gasteiger partial charge in [0, 0.05) is 29.1 Å². The number of carbonyl (C=O) groups excluding carboxylic acids is 1. The van der Waals surface area contributed by atoms with Gasteiger partial charge in [0.2, 0.25) is 0 Å². The quantitative estimate of drug-likeness (QED) is 0.887. The summed E-state index contributed by atoms with van der Waals surface area (Å²) in [6, 6.07) is 6.84. The summed E-state index contributed by atoms with van der Waals surface area (Å²) < 4.78 is 6.25. The lowest BCUT2D eigenvalue weighted by molar-refractivity contribution is 0.0931. The minimum atomic E-state index is -0.000602. The molecule has 0 aliphatic carbocycles. The molecule has 2 aliphatic heterocycles. The van der Waals surface area contributed by atoms with Crippen LogP contribution in [-0.4, -0.2) is 24.0 Å². The van der Waals surface area contributed by atoms with E-state index in [0.717, 1.165) is 21.9 Å². The van der Waals surface area contributed by atoms with Gasteiger partial charge in [-0.1, -0.05) is 0 Å². The summed E-state index contributed by atoms with van der Waals surface area (Å²) in [6.45, 7) is 0. The number of benzene rings is 1. The first-order valence-corrected chi connectivity index (χ1v) is 7.73. The maximum atomic E-state index is 12.4. The number of fused-ring (bicyclic) bond motifs is 3. The standard InChI is InChI=1S/C15H15BrN2O2/c16-11-7-20-14-4-1-8(5-10(11)14)15(19)18-13-6-9-2-3-12(13)17-9/h1,4-5,7,9,12-13,17H,2-3,6H2,(H,18,19)/t9?,12?,13-/m1/s1. The van der Waals surface area contributed by atoms with Crippen LogP contribution in [0.15, 0.2) is 33.4 Å². The van der Waals surface area contributed by atoms with E-state index in [0.29, 0.717) is 17.6 Å². The highest BCUT2D eigenvalue weighted by molar-refractivity contribution is 9.10. The SMILES string of the molecule is O=C(N[C@@H]1CC2CCC1N2)c1ccc2occ(Br)c2c1. The molecule has 1 aromatic heterocycles. The molecule has 2 bridgehead atoms. The Kier molecular flexibility index (Phi) is 2.86. The normalized spacial score (nSPS) is 28.1. The third-order valence-corrected chi connectivity index (χ3v) is 5.02. The van der Waals surface area contributed by atoms with Gasteiger partial charge >= 0.3 is 0 Å². The van der Waals surface area contributed by atoms with Gasteiger partial charge in [-0.3, -0.25) is 4.79 Å². The summed E-state index contributed by atoms with van der Waals surface area (Å²) in [7, 11) is 0. The molecule has 5 heteroatoms. The second-order valence-corrected chi connectivity index (χ2v) is 6.51. The molecule has 20 heavy (non-hydrogen) atoms. The molecule has 2 aromatic rings. The van der Waals surface area contributed by atoms with Crippen molar-refractivity contribution in [3.8, 4) is 0 Å². The molecule has 4 rings (SSSR count). The maximum absolute atomic E-state index is 12.4. The molecule has 0 radical (unpaired) electrons. The summed E-state index contributed by atoms with van der Waals surface area (Å²) >= 11 is 3.43. The van der Waals surface area contributed by atoms with Gasteiger partial charge in [0.25, 0.3) is 5.91 Å². The minimum absolute atomic E-state index is 0.000602. The molecule has 0 spiro atoms. The smallest absolute Gasteiger partial charge is 0.251 e. The Balaban J connectivity index is 1.56. The molecule has 3 atom stereocenters. The summed E-state index contributed by atoms with van der Waals surface area (Å²) in [5.41, 5.74) is 1.47. The number of amides is 1. The van der Waals surface area contributed by atoms with E-state index in [-0.39, 0.29) is 11.9 Å². The minimum Gasteiger partial charge on any atom is -0.463 e. The van der Waals surface area contributed by atoms with E-state index in [1.54, 1.807) is 6.26 Å². The highest BCUT2D eigenvalue weighted by Gasteiger charge is 2.39. The van der Waals surface area contributed by atoms with Crippen LogP contribution in [0.25, 0.3) is 11.0 Å². The average Bonchev–Trinajstić information content (AvgIpc) is 3.15. The fraction of sp³-hybridized carbons (Fsp3) is 0.400. The summed E-state index contributed by atoms with van der Waals surface area (Å²) in [4.78, 5) is 12.4. The zero-order valence-electron chi connectivity index (χ0n) is 10.9. The predicted octanol–water partition coefficient (Wildman–Crippen LogP) is 2.82. The van der Waals surface area contributed by atoms with Crippen molar-refractivity contribution in [2.24, 2.45) is 0 Å². The largest absolute Gasteiger partial charge is 0.463 e. The molecule has 4 nitrogen and oxygen atoms in total. The Bertz CT molecular complexity index is 682. The van der Waals surface area contributed by atoms with Crippen LogP contribution in [0.2, 0.25) is 0 Å². The van der Waals surface area contributed by atoms with Crippen molar-refractivity contribution in [2.45, 2.75) is 37.4 Å². The van der Waals surface area contributed by atoms with Gasteiger partial charge in [-0.2, -0.15) is 0 Å². The Labute approximate surface area is 125 Å². The van der Waals surface area contributed by atoms with Crippen LogP contribution in [-0.2, 0) is 0 Å². The van der Waals surface area contributed by atoms with Crippen molar-refractivity contribution >= 4 is 32.8 Å². The lowest BCUT2D eigenvalue weighted by Crippen LogP contribution is -2.42. The molecule has 1 amide bonds. The van der Waals surface area contributed by atoms with Crippen molar-refractivity contribution in [3.63, 3.8) is 0 Å². The third-order valence-electron chi connectivity index (χ3n) is 4.40. The zero-order chi connectivity index (χ0) is 13.7. The Hall–Kier alpha value is -1.33. The molecular formula is C15H15BrN2O2. The van der Waals surface area contributed by atoms with Crippen LogP contribution in [0.5, 0.6) is 0 Å². The van der Waals surface area contributed by atoms with Gasteiger partial charge in [0.15, 0.2) is 0 Å². The first-order chi connectivity index (χ1) is 9.70. The van der Waals surface area contributed by atoms with Gasteiger partial charge in [0.1, 0.15) is 11.8 Å². The van der Waals surface area contributed by atoms with Crippen molar-refractivity contribution in [1.29, 1.82) is 0 Å². The van der Waals surface area contributed by atoms with Gasteiger partial charge in [-0.15, -0.1) is 0 Å². The Morgan fingerprint density at radius 1 is 1.40 bits per heavy atom. The van der Waals surface area contributed by atoms with Crippen LogP contribution < -0.4 is 10.6 Å². The van der Waals surface area contributed by atoms with Crippen LogP contribution in [0.1, 0.15) is 29.6 Å². The fourth-order valence-corrected chi connectivity index (χ4v) is 3.78. The molecule has 104 valence electrons. The van der Waals surface area contributed by atoms with Gasteiger partial charge in [0.05, 0.1) is 4.47 Å². The van der Waals surface area contributed by atoms with Crippen molar-refractivity contribution in [3.05, 3.63) is 34.5 Å². The number of furan rings is 1. The molecule has 2 aliphatic rings. The number of rotatable bonds is 2. The Morgan fingerprint density at radius 3 is 3.05 bits per heavy atom. The zero-order valence-corrected chi connectivity index (χ0v) is 12.4. The van der Waals surface area contributed by atoms with Gasteiger partial charge < -0.3 is 15.1 Å². The van der Waals surface area contributed by atoms with Crippen LogP contribution in [0.3, 0.4) is 0 Å². The van der Waals surface area contributed by atoms with Gasteiger partial charge in [-0.05, 0) is 53.4 Å². The number of halogens is 1. The second kappa shape index (κ2) is 4.60. The molecule has 2 fully saturated rings. The van der Waals surface area contributed by atoms with E-state index in [4.69, 9.17) is 4.42 Å². The highest BCUT2D eigenvalue weighted by atomic mass is 79.9. The van der Waals surface area contributed by atoms with Crippen LogP contribution in [0.4, 0.5) is 0 Å². The number of hydrogen-bond donors (Lipinski definition) is 2. The van der Waals surface area contributed by atoms with Crippen molar-refractivity contribution in [1.82, 2.24) is 10.6 Å². The second-order valence-electron chi connectivity index (χ2n) is 5.66. The van der Waals surface area contributed by atoms with E-state index in [2.05, 4.69) is 26.6 Å². The first kappa shape index (κ1) is 12.4. The molecule has 2 unspecified atom stereocenters. The monoisotopic (exact) mass is 334 g/mol. The predicted molar refractivity (Wildman–Crippen MR) is 79.7 cm³/mol. The summed E-state index contributed by atoms with van der Waals surface area (Å²) in [6.07, 6.45) is 5.10.